The number of ketones is 1. The molecule has 0 aromatic heterocycles. The van der Waals surface area contributed by atoms with Crippen molar-refractivity contribution in [2.24, 2.45) is 0 Å². The van der Waals surface area contributed by atoms with Crippen LogP contribution in [0.2, 0.25) is 0 Å². The Labute approximate surface area is 72.9 Å². The molecule has 0 bridgehead atoms. The molecule has 0 aromatic rings. The molecule has 2 nitrogen and oxygen atoms in total. The van der Waals surface area contributed by atoms with Gasteiger partial charge >= 0.3 is 0 Å². The fourth-order valence-electron chi connectivity index (χ4n) is 0.809. The van der Waals surface area contributed by atoms with Crippen LogP contribution >= 0.6 is 0 Å². The number of aliphatic hydroxyl groups is 1. The van der Waals surface area contributed by atoms with Gasteiger partial charge in [0.1, 0.15) is 5.76 Å². The van der Waals surface area contributed by atoms with Crippen molar-refractivity contribution in [2.45, 2.75) is 20.8 Å². The van der Waals surface area contributed by atoms with Crippen LogP contribution in [0.5, 0.6) is 0 Å². The molecule has 0 aliphatic rings. The van der Waals surface area contributed by atoms with Crippen molar-refractivity contribution in [3.8, 4) is 0 Å². The van der Waals surface area contributed by atoms with E-state index in [9.17, 15) is 9.90 Å². The lowest BCUT2D eigenvalue weighted by atomic mass is 10.1. The van der Waals surface area contributed by atoms with Crippen molar-refractivity contribution in [3.63, 3.8) is 0 Å². The summed E-state index contributed by atoms with van der Waals surface area (Å²) in [5.41, 5.74) is 0.355. The maximum absolute atomic E-state index is 10.9. The Morgan fingerprint density at radius 1 is 1.33 bits per heavy atom. The molecule has 0 spiro atoms. The number of hydrogen-bond acceptors (Lipinski definition) is 2. The van der Waals surface area contributed by atoms with E-state index in [0.29, 0.717) is 5.57 Å². The summed E-state index contributed by atoms with van der Waals surface area (Å²) in [6.07, 6.45) is 6.56. The van der Waals surface area contributed by atoms with Crippen molar-refractivity contribution in [1.29, 1.82) is 0 Å². The van der Waals surface area contributed by atoms with Crippen molar-refractivity contribution in [3.05, 3.63) is 35.6 Å². The number of allylic oxidation sites excluding steroid dienone is 5. The SMILES string of the molecule is C\C=C/C=C(O)\C(=C/C)C(C)=O. The molecule has 0 heterocycles. The third kappa shape index (κ3) is 3.19. The molecule has 0 saturated heterocycles. The van der Waals surface area contributed by atoms with Crippen molar-refractivity contribution >= 4 is 5.78 Å². The zero-order valence-electron chi connectivity index (χ0n) is 7.66. The Bertz CT molecular complexity index is 245. The summed E-state index contributed by atoms with van der Waals surface area (Å²) < 4.78 is 0. The van der Waals surface area contributed by atoms with Crippen LogP contribution in [0, 0.1) is 0 Å². The minimum atomic E-state index is -0.129. The first-order valence-corrected chi connectivity index (χ1v) is 3.83. The lowest BCUT2D eigenvalue weighted by Crippen LogP contribution is -1.99. The molecule has 0 amide bonds. The van der Waals surface area contributed by atoms with Gasteiger partial charge in [0, 0.05) is 0 Å². The molecule has 66 valence electrons. The van der Waals surface area contributed by atoms with E-state index >= 15 is 0 Å². The summed E-state index contributed by atoms with van der Waals surface area (Å²) in [6, 6.07) is 0. The second-order valence-corrected chi connectivity index (χ2v) is 2.34. The fourth-order valence-corrected chi connectivity index (χ4v) is 0.809. The van der Waals surface area contributed by atoms with Gasteiger partial charge in [-0.05, 0) is 26.8 Å². The van der Waals surface area contributed by atoms with Crippen LogP contribution in [0.15, 0.2) is 35.6 Å². The highest BCUT2D eigenvalue weighted by Crippen LogP contribution is 2.07. The average molecular weight is 166 g/mol. The summed E-state index contributed by atoms with van der Waals surface area (Å²) in [4.78, 5) is 10.9. The molecule has 1 N–H and O–H groups in total. The number of rotatable bonds is 3. The number of aliphatic hydroxyl groups excluding tert-OH is 1. The van der Waals surface area contributed by atoms with Crippen LogP contribution in [-0.2, 0) is 4.79 Å². The van der Waals surface area contributed by atoms with E-state index in [-0.39, 0.29) is 11.5 Å². The summed E-state index contributed by atoms with van der Waals surface area (Å²) in [5, 5.41) is 9.33. The van der Waals surface area contributed by atoms with Crippen molar-refractivity contribution in [1.82, 2.24) is 0 Å². The number of carbonyl (C=O) groups is 1. The monoisotopic (exact) mass is 166 g/mol. The van der Waals surface area contributed by atoms with Crippen LogP contribution in [0.25, 0.3) is 0 Å². The quantitative estimate of drug-likeness (QED) is 0.397. The largest absolute Gasteiger partial charge is 0.507 e. The van der Waals surface area contributed by atoms with Crippen LogP contribution in [0.4, 0.5) is 0 Å². The topological polar surface area (TPSA) is 37.3 Å². The lowest BCUT2D eigenvalue weighted by Gasteiger charge is -1.99. The first-order valence-electron chi connectivity index (χ1n) is 3.83. The first kappa shape index (κ1) is 10.7. The molecule has 0 aromatic carbocycles. The normalized spacial score (nSPS) is 13.9. The number of carbonyl (C=O) groups excluding carboxylic acids is 1. The summed E-state index contributed by atoms with van der Waals surface area (Å²) in [6.45, 7) is 4.98. The van der Waals surface area contributed by atoms with Crippen LogP contribution in [0.1, 0.15) is 20.8 Å². The molecule has 0 fully saturated rings. The van der Waals surface area contributed by atoms with Crippen LogP contribution in [0.3, 0.4) is 0 Å². The molecule has 12 heavy (non-hydrogen) atoms. The zero-order valence-corrected chi connectivity index (χ0v) is 7.66. The molecule has 0 radical (unpaired) electrons. The smallest absolute Gasteiger partial charge is 0.163 e. The average Bonchev–Trinajstić information content (AvgIpc) is 2.01. The predicted molar refractivity (Wildman–Crippen MR) is 50.0 cm³/mol. The second kappa shape index (κ2) is 5.35. The minimum absolute atomic E-state index is 0.0168. The van der Waals surface area contributed by atoms with Crippen LogP contribution in [-0.4, -0.2) is 10.9 Å². The van der Waals surface area contributed by atoms with Gasteiger partial charge in [-0.15, -0.1) is 0 Å². The summed E-state index contributed by atoms with van der Waals surface area (Å²) in [5.74, 6) is -0.112. The maximum Gasteiger partial charge on any atom is 0.163 e. The molecule has 0 rings (SSSR count). The highest BCUT2D eigenvalue weighted by atomic mass is 16.3. The fraction of sp³-hybridized carbons (Fsp3) is 0.300. The van der Waals surface area contributed by atoms with E-state index in [0.717, 1.165) is 0 Å². The Kier molecular flexibility index (Phi) is 4.77. The van der Waals surface area contributed by atoms with E-state index in [4.69, 9.17) is 0 Å². The van der Waals surface area contributed by atoms with E-state index < -0.39 is 0 Å². The third-order valence-electron chi connectivity index (χ3n) is 1.39. The Hall–Kier alpha value is -1.31. The molecule has 0 atom stereocenters. The van der Waals surface area contributed by atoms with Gasteiger partial charge < -0.3 is 5.11 Å². The molecule has 0 aliphatic carbocycles. The van der Waals surface area contributed by atoms with Crippen molar-refractivity contribution in [2.75, 3.05) is 0 Å². The van der Waals surface area contributed by atoms with Gasteiger partial charge in [-0.1, -0.05) is 18.2 Å². The van der Waals surface area contributed by atoms with E-state index in [1.165, 1.54) is 13.0 Å². The zero-order chi connectivity index (χ0) is 9.56. The molecule has 0 aliphatic heterocycles. The van der Waals surface area contributed by atoms with Gasteiger partial charge in [0.2, 0.25) is 0 Å². The first-order chi connectivity index (χ1) is 5.63. The highest BCUT2D eigenvalue weighted by molar-refractivity contribution is 5.96. The van der Waals surface area contributed by atoms with E-state index in [1.807, 2.05) is 6.92 Å². The standard InChI is InChI=1S/C10H14O2/c1-4-6-7-10(12)9(5-2)8(3)11/h4-7,12H,1-3H3/b6-4-,9-5-,10-7+. The third-order valence-corrected chi connectivity index (χ3v) is 1.39. The summed E-state index contributed by atoms with van der Waals surface area (Å²) in [7, 11) is 0. The van der Waals surface area contributed by atoms with Crippen LogP contribution < -0.4 is 0 Å². The molecule has 0 unspecified atom stereocenters. The number of Topliss-reactive ketones (excluding diaryl/α,β-unsaturated/α-hetero) is 1. The Morgan fingerprint density at radius 2 is 1.92 bits per heavy atom. The Balaban J connectivity index is 4.66. The predicted octanol–water partition coefficient (Wildman–Crippen LogP) is 2.54. The Morgan fingerprint density at radius 3 is 2.25 bits per heavy atom. The van der Waals surface area contributed by atoms with Gasteiger partial charge in [0.05, 0.1) is 5.57 Å². The maximum atomic E-state index is 10.9. The minimum Gasteiger partial charge on any atom is -0.507 e. The van der Waals surface area contributed by atoms with Crippen molar-refractivity contribution < 1.29 is 9.90 Å². The lowest BCUT2D eigenvalue weighted by molar-refractivity contribution is -0.113. The molecule has 0 saturated carbocycles. The van der Waals surface area contributed by atoms with Gasteiger partial charge in [-0.25, -0.2) is 0 Å². The number of hydrogen-bond donors (Lipinski definition) is 1. The second-order valence-electron chi connectivity index (χ2n) is 2.34. The van der Waals surface area contributed by atoms with E-state index in [1.54, 1.807) is 25.2 Å². The van der Waals surface area contributed by atoms with Gasteiger partial charge in [0.25, 0.3) is 0 Å². The van der Waals surface area contributed by atoms with Gasteiger partial charge in [0.15, 0.2) is 5.78 Å². The molecular weight excluding hydrogens is 152 g/mol. The highest BCUT2D eigenvalue weighted by Gasteiger charge is 2.05. The van der Waals surface area contributed by atoms with Gasteiger partial charge in [-0.2, -0.15) is 0 Å². The molecule has 2 heteroatoms. The molecular formula is C10H14O2. The van der Waals surface area contributed by atoms with E-state index in [2.05, 4.69) is 0 Å². The van der Waals surface area contributed by atoms with Gasteiger partial charge in [-0.3, -0.25) is 4.79 Å². The summed E-state index contributed by atoms with van der Waals surface area (Å²) >= 11 is 0.